The predicted molar refractivity (Wildman–Crippen MR) is 98.0 cm³/mol. The van der Waals surface area contributed by atoms with E-state index in [-0.39, 0.29) is 18.9 Å². The van der Waals surface area contributed by atoms with Crippen LogP contribution in [0.5, 0.6) is 0 Å². The maximum atomic E-state index is 12.2. The number of thiazole rings is 1. The lowest BCUT2D eigenvalue weighted by molar-refractivity contribution is -0.143. The number of carbonyl (C=O) groups excluding carboxylic acids is 1. The molecule has 2 aromatic rings. The lowest BCUT2D eigenvalue weighted by Gasteiger charge is -2.18. The van der Waals surface area contributed by atoms with Crippen molar-refractivity contribution in [3.05, 3.63) is 27.0 Å². The summed E-state index contributed by atoms with van der Waals surface area (Å²) in [7, 11) is 1.41. The summed E-state index contributed by atoms with van der Waals surface area (Å²) < 4.78 is 37.6. The van der Waals surface area contributed by atoms with Gasteiger partial charge in [-0.2, -0.15) is 13.2 Å². The fraction of sp³-hybridized carbons (Fsp3) is 0.467. The smallest absolute Gasteiger partial charge is 0.356 e. The van der Waals surface area contributed by atoms with Crippen molar-refractivity contribution in [1.82, 2.24) is 15.2 Å². The SMILES string of the molecule is CN(CCCNC(=O)Cc1csc(-c2cc(Br)cs2)n1)CC(F)(F)F. The van der Waals surface area contributed by atoms with Crippen LogP contribution in [0, 0.1) is 0 Å². The normalized spacial score (nSPS) is 11.9. The molecule has 25 heavy (non-hydrogen) atoms. The molecule has 1 N–H and O–H groups in total. The minimum atomic E-state index is -4.20. The van der Waals surface area contributed by atoms with Crippen molar-refractivity contribution in [1.29, 1.82) is 0 Å². The number of alkyl halides is 3. The molecule has 0 spiro atoms. The summed E-state index contributed by atoms with van der Waals surface area (Å²) in [4.78, 5) is 18.6. The highest BCUT2D eigenvalue weighted by Crippen LogP contribution is 2.32. The largest absolute Gasteiger partial charge is 0.401 e. The molecule has 0 aliphatic carbocycles. The standard InChI is InChI=1S/C15H17BrF3N3OS2/c1-22(9-15(17,18)19)4-2-3-20-13(23)6-11-8-25-14(21-11)12-5-10(16)7-24-12/h5,7-8H,2-4,6,9H2,1H3,(H,20,23). The van der Waals surface area contributed by atoms with Crippen LogP contribution in [0.1, 0.15) is 12.1 Å². The van der Waals surface area contributed by atoms with Crippen LogP contribution in [0.25, 0.3) is 9.88 Å². The minimum Gasteiger partial charge on any atom is -0.356 e. The summed E-state index contributed by atoms with van der Waals surface area (Å²) in [6, 6.07) is 1.98. The molecule has 2 aromatic heterocycles. The first-order valence-corrected chi connectivity index (χ1v) is 9.99. The van der Waals surface area contributed by atoms with Gasteiger partial charge < -0.3 is 5.32 Å². The molecule has 2 rings (SSSR count). The summed E-state index contributed by atoms with van der Waals surface area (Å²) >= 11 is 6.45. The number of halogens is 4. The number of carbonyl (C=O) groups is 1. The second kappa shape index (κ2) is 9.11. The number of aromatic nitrogens is 1. The molecule has 138 valence electrons. The van der Waals surface area contributed by atoms with E-state index >= 15 is 0 Å². The Balaban J connectivity index is 1.70. The Morgan fingerprint density at radius 2 is 2.12 bits per heavy atom. The Hall–Kier alpha value is -0.970. The molecule has 0 bridgehead atoms. The zero-order chi connectivity index (χ0) is 18.4. The molecule has 0 aliphatic rings. The van der Waals surface area contributed by atoms with Gasteiger partial charge in [0.2, 0.25) is 5.91 Å². The zero-order valence-electron chi connectivity index (χ0n) is 13.4. The maximum Gasteiger partial charge on any atom is 0.401 e. The van der Waals surface area contributed by atoms with Crippen LogP contribution in [-0.2, 0) is 11.2 Å². The van der Waals surface area contributed by atoms with Gasteiger partial charge in [0.1, 0.15) is 5.01 Å². The van der Waals surface area contributed by atoms with E-state index in [9.17, 15) is 18.0 Å². The van der Waals surface area contributed by atoms with E-state index in [1.54, 1.807) is 11.3 Å². The Kier molecular flexibility index (Phi) is 7.41. The second-order valence-corrected chi connectivity index (χ2v) is 8.19. The summed E-state index contributed by atoms with van der Waals surface area (Å²) in [5.41, 5.74) is 0.691. The monoisotopic (exact) mass is 455 g/mol. The van der Waals surface area contributed by atoms with E-state index in [2.05, 4.69) is 26.2 Å². The van der Waals surface area contributed by atoms with Crippen LogP contribution in [0.15, 0.2) is 21.3 Å². The van der Waals surface area contributed by atoms with E-state index in [0.29, 0.717) is 18.7 Å². The first kappa shape index (κ1) is 20.3. The third kappa shape index (κ3) is 7.43. The van der Waals surface area contributed by atoms with Crippen molar-refractivity contribution in [2.24, 2.45) is 0 Å². The van der Waals surface area contributed by atoms with Gasteiger partial charge >= 0.3 is 6.18 Å². The van der Waals surface area contributed by atoms with Gasteiger partial charge in [0, 0.05) is 21.8 Å². The molecule has 0 fully saturated rings. The van der Waals surface area contributed by atoms with Crippen LogP contribution in [0.2, 0.25) is 0 Å². The quantitative estimate of drug-likeness (QED) is 0.607. The molecule has 4 nitrogen and oxygen atoms in total. The summed E-state index contributed by atoms with van der Waals surface area (Å²) in [5.74, 6) is -0.178. The van der Waals surface area contributed by atoms with Gasteiger partial charge in [-0.3, -0.25) is 9.69 Å². The lowest BCUT2D eigenvalue weighted by Crippen LogP contribution is -2.34. The van der Waals surface area contributed by atoms with Gasteiger partial charge in [-0.25, -0.2) is 4.98 Å². The third-order valence-electron chi connectivity index (χ3n) is 3.16. The molecule has 0 aromatic carbocycles. The molecule has 1 amide bonds. The van der Waals surface area contributed by atoms with Gasteiger partial charge in [0.25, 0.3) is 0 Å². The highest BCUT2D eigenvalue weighted by atomic mass is 79.9. The Morgan fingerprint density at radius 3 is 2.76 bits per heavy atom. The summed E-state index contributed by atoms with van der Waals surface area (Å²) in [5, 5.41) is 7.40. The van der Waals surface area contributed by atoms with Crippen molar-refractivity contribution in [3.63, 3.8) is 0 Å². The van der Waals surface area contributed by atoms with Crippen molar-refractivity contribution < 1.29 is 18.0 Å². The number of thiophene rings is 1. The maximum absolute atomic E-state index is 12.2. The van der Waals surface area contributed by atoms with Gasteiger partial charge in [-0.1, -0.05) is 0 Å². The molecule has 2 heterocycles. The molecule has 10 heteroatoms. The Labute approximate surface area is 160 Å². The average Bonchev–Trinajstić information content (AvgIpc) is 3.10. The topological polar surface area (TPSA) is 45.2 Å². The van der Waals surface area contributed by atoms with Crippen molar-refractivity contribution in [3.8, 4) is 9.88 Å². The first-order valence-electron chi connectivity index (χ1n) is 7.44. The molecule has 0 saturated carbocycles. The Morgan fingerprint density at radius 1 is 1.36 bits per heavy atom. The summed E-state index contributed by atoms with van der Waals surface area (Å²) in [6.45, 7) is -0.328. The number of amides is 1. The number of nitrogens with one attached hydrogen (secondary N) is 1. The molecule has 0 atom stereocenters. The molecular formula is C15H17BrF3N3OS2. The van der Waals surface area contributed by atoms with Crippen molar-refractivity contribution in [2.45, 2.75) is 19.0 Å². The predicted octanol–water partition coefficient (Wildman–Crippen LogP) is 4.18. The number of nitrogens with zero attached hydrogens (tertiary/aromatic N) is 2. The van der Waals surface area contributed by atoms with E-state index in [1.807, 2.05) is 16.8 Å². The number of hydrogen-bond donors (Lipinski definition) is 1. The van der Waals surface area contributed by atoms with Crippen LogP contribution >= 0.6 is 38.6 Å². The van der Waals surface area contributed by atoms with Gasteiger partial charge in [0.15, 0.2) is 0 Å². The van der Waals surface area contributed by atoms with E-state index in [4.69, 9.17) is 0 Å². The van der Waals surface area contributed by atoms with Crippen LogP contribution < -0.4 is 5.32 Å². The van der Waals surface area contributed by atoms with Gasteiger partial charge in [-0.15, -0.1) is 22.7 Å². The average molecular weight is 456 g/mol. The van der Waals surface area contributed by atoms with Crippen LogP contribution in [0.4, 0.5) is 13.2 Å². The highest BCUT2D eigenvalue weighted by Gasteiger charge is 2.28. The second-order valence-electron chi connectivity index (χ2n) is 5.51. The fourth-order valence-corrected chi connectivity index (χ4v) is 4.44. The third-order valence-corrected chi connectivity index (χ3v) is 5.91. The van der Waals surface area contributed by atoms with E-state index < -0.39 is 12.7 Å². The molecule has 0 aliphatic heterocycles. The Bertz CT molecular complexity index is 702. The first-order chi connectivity index (χ1) is 11.7. The molecular weight excluding hydrogens is 439 g/mol. The zero-order valence-corrected chi connectivity index (χ0v) is 16.6. The lowest BCUT2D eigenvalue weighted by atomic mass is 10.3. The van der Waals surface area contributed by atoms with Crippen molar-refractivity contribution >= 4 is 44.5 Å². The fourth-order valence-electron chi connectivity index (χ4n) is 2.12. The van der Waals surface area contributed by atoms with Gasteiger partial charge in [-0.05, 0) is 42.0 Å². The van der Waals surface area contributed by atoms with E-state index in [1.165, 1.54) is 23.3 Å². The van der Waals surface area contributed by atoms with Crippen molar-refractivity contribution in [2.75, 3.05) is 26.7 Å². The van der Waals surface area contributed by atoms with Crippen LogP contribution in [-0.4, -0.2) is 48.6 Å². The van der Waals surface area contributed by atoms with E-state index in [0.717, 1.165) is 14.4 Å². The number of rotatable bonds is 8. The number of hydrogen-bond acceptors (Lipinski definition) is 5. The minimum absolute atomic E-state index is 0.168. The highest BCUT2D eigenvalue weighted by molar-refractivity contribution is 9.10. The molecule has 0 saturated heterocycles. The molecule has 0 unspecified atom stereocenters. The summed E-state index contributed by atoms with van der Waals surface area (Å²) in [6.07, 6.45) is -3.57. The molecule has 0 radical (unpaired) electrons. The van der Waals surface area contributed by atoms with Crippen LogP contribution in [0.3, 0.4) is 0 Å². The van der Waals surface area contributed by atoms with Gasteiger partial charge in [0.05, 0.1) is 23.5 Å².